The summed E-state index contributed by atoms with van der Waals surface area (Å²) in [6.07, 6.45) is 5.41. The van der Waals surface area contributed by atoms with Gasteiger partial charge in [-0.1, -0.05) is 6.07 Å². The molecule has 2 aromatic rings. The van der Waals surface area contributed by atoms with Crippen molar-refractivity contribution in [2.24, 2.45) is 0 Å². The summed E-state index contributed by atoms with van der Waals surface area (Å²) in [5.41, 5.74) is 0.643. The minimum absolute atomic E-state index is 0.190. The van der Waals surface area contributed by atoms with Crippen LogP contribution in [0.5, 0.6) is 11.8 Å². The second-order valence-electron chi connectivity index (χ2n) is 9.11. The van der Waals surface area contributed by atoms with Crippen LogP contribution in [0, 0.1) is 0 Å². The molecule has 4 aliphatic rings. The summed E-state index contributed by atoms with van der Waals surface area (Å²) in [6, 6.07) is 6.69. The fraction of sp³-hybridized carbons (Fsp3) is 0.636. The Morgan fingerprint density at radius 3 is 3.14 bits per heavy atom. The topological polar surface area (TPSA) is 50.7 Å². The lowest BCUT2D eigenvalue weighted by atomic mass is 9.95. The predicted octanol–water partition coefficient (Wildman–Crippen LogP) is 3.33. The number of nitrogens with zero attached hydrogens (tertiary/aromatic N) is 4. The molecule has 6 nitrogen and oxygen atoms in total. The molecule has 0 bridgehead atoms. The molecule has 6 rings (SSSR count). The maximum Gasteiger partial charge on any atom is 0.319 e. The number of hydrogen-bond acceptors (Lipinski definition) is 6. The second kappa shape index (κ2) is 6.42. The van der Waals surface area contributed by atoms with Crippen molar-refractivity contribution >= 4 is 16.7 Å². The monoisotopic (exact) mass is 398 g/mol. The van der Waals surface area contributed by atoms with E-state index in [1.54, 1.807) is 0 Å². The Morgan fingerprint density at radius 1 is 1.28 bits per heavy atom. The van der Waals surface area contributed by atoms with Crippen LogP contribution in [-0.2, 0) is 0 Å². The van der Waals surface area contributed by atoms with Crippen LogP contribution in [-0.4, -0.2) is 65.5 Å². The summed E-state index contributed by atoms with van der Waals surface area (Å²) in [6.45, 7) is 1.93. The summed E-state index contributed by atoms with van der Waals surface area (Å²) in [4.78, 5) is 14.0. The maximum absolute atomic E-state index is 14.1. The van der Waals surface area contributed by atoms with Gasteiger partial charge < -0.3 is 14.4 Å². The zero-order chi connectivity index (χ0) is 19.6. The zero-order valence-corrected chi connectivity index (χ0v) is 16.8. The van der Waals surface area contributed by atoms with Gasteiger partial charge in [0.1, 0.15) is 30.4 Å². The van der Waals surface area contributed by atoms with Gasteiger partial charge in [-0.3, -0.25) is 4.90 Å². The van der Waals surface area contributed by atoms with Crippen molar-refractivity contribution < 1.29 is 13.9 Å². The van der Waals surface area contributed by atoms with Crippen molar-refractivity contribution in [2.45, 2.75) is 62.4 Å². The Hall–Kier alpha value is -2.15. The molecule has 1 saturated carbocycles. The number of hydrogen-bond donors (Lipinski definition) is 0. The first-order chi connectivity index (χ1) is 14.1. The molecule has 2 unspecified atom stereocenters. The molecule has 1 aromatic carbocycles. The molecule has 2 saturated heterocycles. The first-order valence-electron chi connectivity index (χ1n) is 10.9. The lowest BCUT2D eigenvalue weighted by Crippen LogP contribution is -2.43. The fourth-order valence-electron chi connectivity index (χ4n) is 5.98. The standard InChI is InChI=1S/C22H27FN4O2/c1-26-16-6-3-7-17(16)29-18-8-2-5-15-19(18)20(26)25-21(24-15)28-13-22-9-4-10-27(22)12-14(23)11-22/h2,5,8,14,16-17H,3-4,6-7,9-13H2,1H3/t14-,16?,17?,22+/m1/s1. The largest absolute Gasteiger partial charge is 0.487 e. The van der Waals surface area contributed by atoms with E-state index in [9.17, 15) is 4.39 Å². The number of benzene rings is 1. The molecule has 29 heavy (non-hydrogen) atoms. The highest BCUT2D eigenvalue weighted by atomic mass is 19.1. The third-order valence-electron chi connectivity index (χ3n) is 7.40. The van der Waals surface area contributed by atoms with Gasteiger partial charge in [-0.15, -0.1) is 0 Å². The van der Waals surface area contributed by atoms with Crippen molar-refractivity contribution in [3.05, 3.63) is 18.2 Å². The number of rotatable bonds is 3. The molecule has 1 aromatic heterocycles. The Kier molecular flexibility index (Phi) is 3.92. The van der Waals surface area contributed by atoms with Crippen LogP contribution < -0.4 is 14.4 Å². The molecule has 0 amide bonds. The molecule has 3 fully saturated rings. The average Bonchev–Trinajstić information content (AvgIpc) is 3.37. The highest BCUT2D eigenvalue weighted by Gasteiger charge is 2.49. The quantitative estimate of drug-likeness (QED) is 0.791. The Balaban J connectivity index is 1.36. The van der Waals surface area contributed by atoms with E-state index in [1.165, 1.54) is 6.42 Å². The number of likely N-dealkylation sites (N-methyl/N-ethyl adjacent to an activating group) is 1. The van der Waals surface area contributed by atoms with Crippen LogP contribution in [0.4, 0.5) is 10.2 Å². The first kappa shape index (κ1) is 17.7. The highest BCUT2D eigenvalue weighted by Crippen LogP contribution is 2.43. The van der Waals surface area contributed by atoms with Crippen molar-refractivity contribution in [3.63, 3.8) is 0 Å². The van der Waals surface area contributed by atoms with E-state index in [4.69, 9.17) is 14.5 Å². The van der Waals surface area contributed by atoms with E-state index < -0.39 is 6.17 Å². The molecule has 4 heterocycles. The van der Waals surface area contributed by atoms with Crippen LogP contribution in [0.15, 0.2) is 18.2 Å². The fourth-order valence-corrected chi connectivity index (χ4v) is 5.98. The molecule has 0 N–H and O–H groups in total. The lowest BCUT2D eigenvalue weighted by Gasteiger charge is -2.31. The van der Waals surface area contributed by atoms with Crippen LogP contribution >= 0.6 is 0 Å². The van der Waals surface area contributed by atoms with Crippen molar-refractivity contribution in [3.8, 4) is 11.8 Å². The molecule has 0 spiro atoms. The number of halogens is 1. The third kappa shape index (κ3) is 2.70. The van der Waals surface area contributed by atoms with Gasteiger partial charge in [0.2, 0.25) is 0 Å². The summed E-state index contributed by atoms with van der Waals surface area (Å²) in [7, 11) is 2.10. The van der Waals surface area contributed by atoms with Gasteiger partial charge in [-0.05, 0) is 50.8 Å². The van der Waals surface area contributed by atoms with Crippen LogP contribution in [0.25, 0.3) is 10.9 Å². The smallest absolute Gasteiger partial charge is 0.319 e. The average molecular weight is 398 g/mol. The van der Waals surface area contributed by atoms with Crippen molar-refractivity contribution in [1.82, 2.24) is 14.9 Å². The molecular formula is C22H27FN4O2. The van der Waals surface area contributed by atoms with Gasteiger partial charge in [-0.2, -0.15) is 9.97 Å². The van der Waals surface area contributed by atoms with Crippen LogP contribution in [0.2, 0.25) is 0 Å². The first-order valence-corrected chi connectivity index (χ1v) is 10.9. The van der Waals surface area contributed by atoms with Gasteiger partial charge in [0.25, 0.3) is 0 Å². The normalized spacial score (nSPS) is 33.4. The van der Waals surface area contributed by atoms with Crippen molar-refractivity contribution in [2.75, 3.05) is 31.6 Å². The summed E-state index contributed by atoms with van der Waals surface area (Å²) in [5, 5.41) is 0.960. The Bertz CT molecular complexity index is 956. The number of ether oxygens (including phenoxy) is 2. The maximum atomic E-state index is 14.1. The van der Waals surface area contributed by atoms with Crippen molar-refractivity contribution in [1.29, 1.82) is 0 Å². The summed E-state index contributed by atoms with van der Waals surface area (Å²) < 4.78 is 26.6. The van der Waals surface area contributed by atoms with E-state index in [0.29, 0.717) is 31.6 Å². The van der Waals surface area contributed by atoms with E-state index in [1.807, 2.05) is 18.2 Å². The number of aromatic nitrogens is 2. The van der Waals surface area contributed by atoms with Crippen LogP contribution in [0.3, 0.4) is 0 Å². The third-order valence-corrected chi connectivity index (χ3v) is 7.40. The molecule has 154 valence electrons. The summed E-state index contributed by atoms with van der Waals surface area (Å²) >= 11 is 0. The minimum atomic E-state index is -0.758. The highest BCUT2D eigenvalue weighted by molar-refractivity contribution is 5.95. The number of fused-ring (bicyclic) bond motifs is 2. The van der Waals surface area contributed by atoms with E-state index in [0.717, 1.165) is 54.7 Å². The lowest BCUT2D eigenvalue weighted by molar-refractivity contribution is 0.107. The molecule has 1 aliphatic carbocycles. The van der Waals surface area contributed by atoms with Gasteiger partial charge in [0.05, 0.1) is 22.5 Å². The number of alkyl halides is 1. The number of anilines is 1. The Morgan fingerprint density at radius 2 is 2.21 bits per heavy atom. The molecule has 3 aliphatic heterocycles. The Labute approximate surface area is 170 Å². The molecule has 7 heteroatoms. The minimum Gasteiger partial charge on any atom is -0.487 e. The van der Waals surface area contributed by atoms with Gasteiger partial charge in [0, 0.05) is 20.0 Å². The SMILES string of the molecule is CN1c2nc(OC[C@@]34CCCN3C[C@H](F)C4)nc3cccc(c23)OC2CCCC21. The van der Waals surface area contributed by atoms with E-state index in [-0.39, 0.29) is 11.6 Å². The molecular weight excluding hydrogens is 371 g/mol. The van der Waals surface area contributed by atoms with Gasteiger partial charge in [-0.25, -0.2) is 4.39 Å². The molecule has 4 atom stereocenters. The van der Waals surface area contributed by atoms with Crippen LogP contribution in [0.1, 0.15) is 38.5 Å². The second-order valence-corrected chi connectivity index (χ2v) is 9.11. The van der Waals surface area contributed by atoms with E-state index in [2.05, 4.69) is 21.8 Å². The summed E-state index contributed by atoms with van der Waals surface area (Å²) in [5.74, 6) is 1.74. The van der Waals surface area contributed by atoms with Gasteiger partial charge in [0.15, 0.2) is 0 Å². The van der Waals surface area contributed by atoms with E-state index >= 15 is 0 Å². The zero-order valence-electron chi connectivity index (χ0n) is 16.8. The van der Waals surface area contributed by atoms with Gasteiger partial charge >= 0.3 is 6.01 Å². The predicted molar refractivity (Wildman–Crippen MR) is 109 cm³/mol. The molecule has 0 radical (unpaired) electrons.